The summed E-state index contributed by atoms with van der Waals surface area (Å²) in [5, 5.41) is 13.6. The summed E-state index contributed by atoms with van der Waals surface area (Å²) in [4.78, 5) is 29.0. The van der Waals surface area contributed by atoms with E-state index in [1.165, 1.54) is 9.80 Å². The third-order valence-corrected chi connectivity index (χ3v) is 5.64. The van der Waals surface area contributed by atoms with Gasteiger partial charge in [-0.25, -0.2) is 0 Å². The lowest BCUT2D eigenvalue weighted by Gasteiger charge is -2.28. The first-order valence-electron chi connectivity index (χ1n) is 11.9. The molecule has 1 unspecified atom stereocenters. The average molecular weight is 479 g/mol. The molecule has 1 atom stereocenters. The van der Waals surface area contributed by atoms with E-state index in [4.69, 9.17) is 9.47 Å². The van der Waals surface area contributed by atoms with Gasteiger partial charge in [0.2, 0.25) is 5.78 Å². The number of nitrogens with one attached hydrogen (secondary N) is 1. The Bertz CT molecular complexity index is 1090. The molecule has 0 saturated carbocycles. The van der Waals surface area contributed by atoms with E-state index < -0.39 is 23.5 Å². The van der Waals surface area contributed by atoms with Crippen molar-refractivity contribution in [2.75, 3.05) is 33.8 Å². The molecule has 0 bridgehead atoms. The fourth-order valence-electron chi connectivity index (χ4n) is 4.09. The van der Waals surface area contributed by atoms with Crippen LogP contribution in [-0.2, 0) is 9.59 Å². The molecule has 2 aromatic carbocycles. The van der Waals surface area contributed by atoms with Crippen LogP contribution in [0.1, 0.15) is 37.4 Å². The summed E-state index contributed by atoms with van der Waals surface area (Å²) in [5.41, 5.74) is 0.956. The maximum atomic E-state index is 13.6. The summed E-state index contributed by atoms with van der Waals surface area (Å²) in [6, 6.07) is 13.1. The second-order valence-corrected chi connectivity index (χ2v) is 9.15. The van der Waals surface area contributed by atoms with Crippen LogP contribution in [0, 0.1) is 0 Å². The molecule has 1 aliphatic rings. The molecule has 1 saturated heterocycles. The number of ketones is 1. The first kappa shape index (κ1) is 26.0. The number of ether oxygens (including phenoxy) is 2. The van der Waals surface area contributed by atoms with Gasteiger partial charge in [-0.15, -0.1) is 0 Å². The number of carbonyl (C=O) groups excluding carboxylic acids is 2. The predicted molar refractivity (Wildman–Crippen MR) is 133 cm³/mol. The van der Waals surface area contributed by atoms with E-state index in [2.05, 4.69) is 6.58 Å². The molecule has 0 radical (unpaired) electrons. The normalized spacial score (nSPS) is 17.3. The number of hydrogen-bond donors (Lipinski definition) is 1. The molecule has 0 aliphatic carbocycles. The Kier molecular flexibility index (Phi) is 8.71. The Morgan fingerprint density at radius 2 is 1.86 bits per heavy atom. The highest BCUT2D eigenvalue weighted by Crippen LogP contribution is 2.39. The second kappa shape index (κ2) is 11.7. The van der Waals surface area contributed by atoms with Gasteiger partial charge in [0, 0.05) is 18.5 Å². The van der Waals surface area contributed by atoms with Crippen LogP contribution >= 0.6 is 0 Å². The lowest BCUT2D eigenvalue weighted by Crippen LogP contribution is -3.05. The van der Waals surface area contributed by atoms with Crippen LogP contribution in [0.5, 0.6) is 11.5 Å². The number of carbonyl (C=O) groups is 2. The van der Waals surface area contributed by atoms with E-state index in [9.17, 15) is 14.7 Å². The van der Waals surface area contributed by atoms with Crippen LogP contribution in [0.25, 0.3) is 5.76 Å². The summed E-state index contributed by atoms with van der Waals surface area (Å²) in [6.45, 7) is 9.02. The van der Waals surface area contributed by atoms with Gasteiger partial charge >= 0.3 is 0 Å². The van der Waals surface area contributed by atoms with Crippen molar-refractivity contribution in [1.29, 1.82) is 0 Å². The third kappa shape index (κ3) is 6.31. The molecule has 1 fully saturated rings. The van der Waals surface area contributed by atoms with Crippen molar-refractivity contribution < 1.29 is 29.1 Å². The monoisotopic (exact) mass is 478 g/mol. The SMILES string of the molecule is C=CCOc1cccc(C2/C(=C(\[O-])c3ccc(OC(C)C)cc3)C(=O)C(=O)N2CCC[NH+](C)C)c1. The maximum absolute atomic E-state index is 13.6. The van der Waals surface area contributed by atoms with Gasteiger partial charge < -0.3 is 24.4 Å². The van der Waals surface area contributed by atoms with E-state index in [0.717, 1.165) is 6.54 Å². The van der Waals surface area contributed by atoms with Gasteiger partial charge in [0.05, 0.1) is 32.8 Å². The molecular formula is C28H34N2O5. The zero-order valence-electron chi connectivity index (χ0n) is 20.9. The van der Waals surface area contributed by atoms with Crippen LogP contribution in [0.4, 0.5) is 0 Å². The van der Waals surface area contributed by atoms with Crippen molar-refractivity contribution in [3.8, 4) is 11.5 Å². The molecule has 1 amide bonds. The van der Waals surface area contributed by atoms with Crippen LogP contribution in [-0.4, -0.2) is 56.5 Å². The molecule has 3 rings (SSSR count). The second-order valence-electron chi connectivity index (χ2n) is 9.15. The molecule has 35 heavy (non-hydrogen) atoms. The lowest BCUT2D eigenvalue weighted by molar-refractivity contribution is -0.858. The van der Waals surface area contributed by atoms with Crippen LogP contribution in [0.3, 0.4) is 0 Å². The van der Waals surface area contributed by atoms with Crippen LogP contribution < -0.4 is 19.5 Å². The number of likely N-dealkylation sites (tertiary alicyclic amines) is 1. The predicted octanol–water partition coefficient (Wildman–Crippen LogP) is 1.80. The van der Waals surface area contributed by atoms with Crippen molar-refractivity contribution >= 4 is 17.4 Å². The Labute approximate surface area is 207 Å². The van der Waals surface area contributed by atoms with E-state index >= 15 is 0 Å². The minimum Gasteiger partial charge on any atom is -0.872 e. The molecule has 0 aromatic heterocycles. The van der Waals surface area contributed by atoms with Crippen LogP contribution in [0.2, 0.25) is 0 Å². The van der Waals surface area contributed by atoms with Gasteiger partial charge in [-0.3, -0.25) is 9.59 Å². The van der Waals surface area contributed by atoms with Gasteiger partial charge in [-0.2, -0.15) is 0 Å². The number of nitrogens with zero attached hydrogens (tertiary/aromatic N) is 1. The van der Waals surface area contributed by atoms with Gasteiger partial charge in [0.15, 0.2) is 0 Å². The summed E-state index contributed by atoms with van der Waals surface area (Å²) < 4.78 is 11.3. The van der Waals surface area contributed by atoms with Gasteiger partial charge in [0.1, 0.15) is 18.1 Å². The van der Waals surface area contributed by atoms with Crippen molar-refractivity contribution in [2.24, 2.45) is 0 Å². The number of quaternary nitrogens is 1. The van der Waals surface area contributed by atoms with Gasteiger partial charge in [-0.05, 0) is 49.2 Å². The average Bonchev–Trinajstić information content (AvgIpc) is 3.07. The summed E-state index contributed by atoms with van der Waals surface area (Å²) >= 11 is 0. The fourth-order valence-corrected chi connectivity index (χ4v) is 4.09. The third-order valence-electron chi connectivity index (χ3n) is 5.64. The molecular weight excluding hydrogens is 444 g/mol. The van der Waals surface area contributed by atoms with Crippen molar-refractivity contribution in [2.45, 2.75) is 32.4 Å². The Morgan fingerprint density at radius 3 is 2.49 bits per heavy atom. The van der Waals surface area contributed by atoms with E-state index in [-0.39, 0.29) is 11.7 Å². The Morgan fingerprint density at radius 1 is 1.14 bits per heavy atom. The number of amides is 1. The van der Waals surface area contributed by atoms with Gasteiger partial charge in [-0.1, -0.05) is 42.7 Å². The topological polar surface area (TPSA) is 83.3 Å². The summed E-state index contributed by atoms with van der Waals surface area (Å²) in [7, 11) is 4.06. The number of rotatable bonds is 11. The highest BCUT2D eigenvalue weighted by atomic mass is 16.5. The quantitative estimate of drug-likeness (QED) is 0.231. The molecule has 0 spiro atoms. The molecule has 1 heterocycles. The van der Waals surface area contributed by atoms with E-state index in [1.54, 1.807) is 48.5 Å². The molecule has 186 valence electrons. The van der Waals surface area contributed by atoms with Crippen molar-refractivity contribution in [3.05, 3.63) is 77.9 Å². The van der Waals surface area contributed by atoms with E-state index in [1.807, 2.05) is 34.0 Å². The summed E-state index contributed by atoms with van der Waals surface area (Å²) in [6.07, 6.45) is 2.34. The maximum Gasteiger partial charge on any atom is 0.295 e. The minimum absolute atomic E-state index is 0.00233. The zero-order chi connectivity index (χ0) is 25.5. The van der Waals surface area contributed by atoms with E-state index in [0.29, 0.717) is 42.2 Å². The highest BCUT2D eigenvalue weighted by Gasteiger charge is 2.44. The minimum atomic E-state index is -0.779. The largest absolute Gasteiger partial charge is 0.872 e. The fraction of sp³-hybridized carbons (Fsp3) is 0.357. The molecule has 7 nitrogen and oxygen atoms in total. The summed E-state index contributed by atoms with van der Waals surface area (Å²) in [5.74, 6) is -0.648. The first-order chi connectivity index (χ1) is 16.7. The number of benzene rings is 2. The Balaban J connectivity index is 2.05. The molecule has 2 aromatic rings. The highest BCUT2D eigenvalue weighted by molar-refractivity contribution is 6.46. The standard InChI is InChI=1S/C28H34N2O5/c1-6-17-34-23-10-7-9-21(18-23)25-24(27(32)28(33)30(25)16-8-15-29(4)5)26(31)20-11-13-22(14-12-20)35-19(2)3/h6-7,9-14,18-19,25,31H,1,8,15-17H2,2-5H3/b26-24+. The number of Topliss-reactive ketones (excluding diaryl/α,β-unsaturated/α-hetero) is 1. The Hall–Kier alpha value is -3.58. The van der Waals surface area contributed by atoms with Crippen molar-refractivity contribution in [1.82, 2.24) is 4.90 Å². The molecule has 1 N–H and O–H groups in total. The van der Waals surface area contributed by atoms with Gasteiger partial charge in [0.25, 0.3) is 5.91 Å². The smallest absolute Gasteiger partial charge is 0.295 e. The molecule has 1 aliphatic heterocycles. The van der Waals surface area contributed by atoms with Crippen molar-refractivity contribution in [3.63, 3.8) is 0 Å². The lowest BCUT2D eigenvalue weighted by atomic mass is 9.95. The zero-order valence-corrected chi connectivity index (χ0v) is 20.9. The number of hydrogen-bond acceptors (Lipinski definition) is 5. The van der Waals surface area contributed by atoms with Crippen LogP contribution in [0.15, 0.2) is 66.8 Å². The molecule has 7 heteroatoms. The first-order valence-corrected chi connectivity index (χ1v) is 11.9.